The molecule has 0 aromatic rings. The predicted octanol–water partition coefficient (Wildman–Crippen LogP) is 10.3. The van der Waals surface area contributed by atoms with Crippen molar-refractivity contribution in [3.63, 3.8) is 0 Å². The average Bonchev–Trinajstić information content (AvgIpc) is 3.21. The standard InChI is InChI=1S/C46H88O10/c1-4-7-10-13-16-19-22-25-28-31-42(50)54-39-45(34-47,35-48)37-53-38-46(36-49,40-55-43(51)32-29-26-23-20-17-14-11-8-5-2)41-56-44(52)33-30-27-24-21-18-15-12-9-6-3/h47-49H,4-41H2,1-3H3. The molecule has 0 saturated carbocycles. The fourth-order valence-corrected chi connectivity index (χ4v) is 6.68. The Labute approximate surface area is 342 Å². The first-order valence-corrected chi connectivity index (χ1v) is 23.1. The van der Waals surface area contributed by atoms with Gasteiger partial charge in [-0.15, -0.1) is 0 Å². The molecule has 0 rings (SSSR count). The summed E-state index contributed by atoms with van der Waals surface area (Å²) < 4.78 is 22.7. The molecule has 0 bridgehead atoms. The summed E-state index contributed by atoms with van der Waals surface area (Å²) in [5.41, 5.74) is -2.51. The zero-order chi connectivity index (χ0) is 41.4. The zero-order valence-corrected chi connectivity index (χ0v) is 36.6. The number of hydrogen-bond acceptors (Lipinski definition) is 10. The van der Waals surface area contributed by atoms with Gasteiger partial charge in [0.25, 0.3) is 0 Å². The minimum Gasteiger partial charge on any atom is -0.465 e. The Balaban J connectivity index is 5.03. The maximum atomic E-state index is 12.7. The van der Waals surface area contributed by atoms with Gasteiger partial charge in [-0.25, -0.2) is 0 Å². The molecule has 0 spiro atoms. The first kappa shape index (κ1) is 54.2. The van der Waals surface area contributed by atoms with Crippen LogP contribution in [0.1, 0.15) is 213 Å². The van der Waals surface area contributed by atoms with Crippen LogP contribution < -0.4 is 0 Å². The average molecular weight is 801 g/mol. The molecule has 0 aromatic carbocycles. The van der Waals surface area contributed by atoms with Crippen LogP contribution in [0.4, 0.5) is 0 Å². The third-order valence-corrected chi connectivity index (χ3v) is 10.9. The highest BCUT2D eigenvalue weighted by Gasteiger charge is 2.37. The Morgan fingerprint density at radius 1 is 0.339 bits per heavy atom. The van der Waals surface area contributed by atoms with E-state index in [9.17, 15) is 29.7 Å². The molecule has 0 aliphatic rings. The van der Waals surface area contributed by atoms with Crippen LogP contribution in [0, 0.1) is 10.8 Å². The second kappa shape index (κ2) is 38.8. The molecule has 10 nitrogen and oxygen atoms in total. The summed E-state index contributed by atoms with van der Waals surface area (Å²) in [7, 11) is 0. The summed E-state index contributed by atoms with van der Waals surface area (Å²) in [5.74, 6) is -1.15. The molecule has 0 radical (unpaired) electrons. The second-order valence-corrected chi connectivity index (χ2v) is 16.7. The van der Waals surface area contributed by atoms with E-state index in [1.165, 1.54) is 103 Å². The minimum atomic E-state index is -1.27. The first-order valence-electron chi connectivity index (χ1n) is 23.1. The summed E-state index contributed by atoms with van der Waals surface area (Å²) in [6.45, 7) is 4.12. The van der Waals surface area contributed by atoms with Crippen molar-refractivity contribution < 1.29 is 48.7 Å². The molecule has 0 atom stereocenters. The van der Waals surface area contributed by atoms with Gasteiger partial charge in [-0.05, 0) is 19.3 Å². The van der Waals surface area contributed by atoms with E-state index in [1.807, 2.05) is 0 Å². The first-order chi connectivity index (χ1) is 27.3. The van der Waals surface area contributed by atoms with E-state index in [4.69, 9.17) is 18.9 Å². The topological polar surface area (TPSA) is 149 Å². The van der Waals surface area contributed by atoms with E-state index in [1.54, 1.807) is 0 Å². The molecule has 0 aliphatic heterocycles. The van der Waals surface area contributed by atoms with E-state index < -0.39 is 30.7 Å². The molecular formula is C46H88O10. The third kappa shape index (κ3) is 31.3. The van der Waals surface area contributed by atoms with Gasteiger partial charge in [0.1, 0.15) is 19.8 Å². The Hall–Kier alpha value is -1.75. The van der Waals surface area contributed by atoms with E-state index in [-0.39, 0.29) is 70.2 Å². The Morgan fingerprint density at radius 3 is 0.839 bits per heavy atom. The van der Waals surface area contributed by atoms with Gasteiger partial charge in [0.15, 0.2) is 0 Å². The molecular weight excluding hydrogens is 712 g/mol. The summed E-state index contributed by atoms with van der Waals surface area (Å²) in [6.07, 6.45) is 31.4. The molecule has 10 heteroatoms. The Kier molecular flexibility index (Phi) is 37.5. The largest absolute Gasteiger partial charge is 0.465 e. The number of aliphatic hydroxyl groups excluding tert-OH is 3. The predicted molar refractivity (Wildman–Crippen MR) is 225 cm³/mol. The van der Waals surface area contributed by atoms with E-state index in [2.05, 4.69) is 20.8 Å². The number of aliphatic hydroxyl groups is 3. The van der Waals surface area contributed by atoms with E-state index in [0.717, 1.165) is 70.6 Å². The summed E-state index contributed by atoms with van der Waals surface area (Å²) >= 11 is 0. The van der Waals surface area contributed by atoms with Crippen molar-refractivity contribution in [2.45, 2.75) is 213 Å². The molecule has 0 heterocycles. The molecule has 0 amide bonds. The minimum absolute atomic E-state index is 0.172. The van der Waals surface area contributed by atoms with Crippen LogP contribution in [0.3, 0.4) is 0 Å². The van der Waals surface area contributed by atoms with Gasteiger partial charge < -0.3 is 34.3 Å². The number of rotatable bonds is 43. The van der Waals surface area contributed by atoms with Crippen molar-refractivity contribution in [1.82, 2.24) is 0 Å². The highest BCUT2D eigenvalue weighted by molar-refractivity contribution is 5.70. The highest BCUT2D eigenvalue weighted by Crippen LogP contribution is 2.24. The van der Waals surface area contributed by atoms with Crippen LogP contribution >= 0.6 is 0 Å². The number of esters is 3. The fourth-order valence-electron chi connectivity index (χ4n) is 6.68. The van der Waals surface area contributed by atoms with Crippen LogP contribution in [0.15, 0.2) is 0 Å². The Bertz CT molecular complexity index is 868. The number of ether oxygens (including phenoxy) is 4. The summed E-state index contributed by atoms with van der Waals surface area (Å²) in [6, 6.07) is 0. The molecule has 0 unspecified atom stereocenters. The lowest BCUT2D eigenvalue weighted by Crippen LogP contribution is -2.45. The van der Waals surface area contributed by atoms with Gasteiger partial charge in [0.05, 0.1) is 43.9 Å². The molecule has 56 heavy (non-hydrogen) atoms. The lowest BCUT2D eigenvalue weighted by atomic mass is 9.90. The number of carbonyl (C=O) groups excluding carboxylic acids is 3. The summed E-state index contributed by atoms with van der Waals surface area (Å²) in [5, 5.41) is 31.0. The molecule has 0 fully saturated rings. The molecule has 0 aliphatic carbocycles. The zero-order valence-electron chi connectivity index (χ0n) is 36.6. The van der Waals surface area contributed by atoms with Gasteiger partial charge in [-0.1, -0.05) is 175 Å². The molecule has 0 saturated heterocycles. The van der Waals surface area contributed by atoms with Crippen LogP contribution in [0.2, 0.25) is 0 Å². The van der Waals surface area contributed by atoms with Crippen molar-refractivity contribution in [2.75, 3.05) is 52.9 Å². The third-order valence-electron chi connectivity index (χ3n) is 10.9. The van der Waals surface area contributed by atoms with E-state index >= 15 is 0 Å². The maximum absolute atomic E-state index is 12.7. The fraction of sp³-hybridized carbons (Fsp3) is 0.935. The quantitative estimate of drug-likeness (QED) is 0.0309. The van der Waals surface area contributed by atoms with Gasteiger partial charge in [-0.3, -0.25) is 14.4 Å². The van der Waals surface area contributed by atoms with Crippen molar-refractivity contribution in [3.8, 4) is 0 Å². The SMILES string of the molecule is CCCCCCCCCCCC(=O)OCC(CO)(CO)COCC(CO)(COC(=O)CCCCCCCCCCC)COC(=O)CCCCCCCCCCC. The number of hydrogen-bond donors (Lipinski definition) is 3. The van der Waals surface area contributed by atoms with Gasteiger partial charge in [0, 0.05) is 19.3 Å². The number of unbranched alkanes of at least 4 members (excludes halogenated alkanes) is 24. The van der Waals surface area contributed by atoms with E-state index in [0.29, 0.717) is 0 Å². The monoisotopic (exact) mass is 801 g/mol. The van der Waals surface area contributed by atoms with Crippen LogP contribution in [-0.4, -0.2) is 86.1 Å². The van der Waals surface area contributed by atoms with Crippen LogP contribution in [0.25, 0.3) is 0 Å². The maximum Gasteiger partial charge on any atom is 0.305 e. The number of carbonyl (C=O) groups is 3. The molecule has 3 N–H and O–H groups in total. The van der Waals surface area contributed by atoms with Crippen LogP contribution in [-0.2, 0) is 33.3 Å². The lowest BCUT2D eigenvalue weighted by molar-refractivity contribution is -0.165. The summed E-state index contributed by atoms with van der Waals surface area (Å²) in [4.78, 5) is 38.0. The lowest BCUT2D eigenvalue weighted by Gasteiger charge is -2.34. The van der Waals surface area contributed by atoms with Crippen molar-refractivity contribution in [1.29, 1.82) is 0 Å². The van der Waals surface area contributed by atoms with Gasteiger partial charge >= 0.3 is 17.9 Å². The van der Waals surface area contributed by atoms with Gasteiger partial charge in [0.2, 0.25) is 0 Å². The molecule has 332 valence electrons. The molecule has 0 aromatic heterocycles. The van der Waals surface area contributed by atoms with Crippen molar-refractivity contribution in [3.05, 3.63) is 0 Å². The normalized spacial score (nSPS) is 11.9. The van der Waals surface area contributed by atoms with Crippen molar-refractivity contribution in [2.24, 2.45) is 10.8 Å². The highest BCUT2D eigenvalue weighted by atomic mass is 16.6. The Morgan fingerprint density at radius 2 is 0.571 bits per heavy atom. The smallest absolute Gasteiger partial charge is 0.305 e. The second-order valence-electron chi connectivity index (χ2n) is 16.7. The van der Waals surface area contributed by atoms with Gasteiger partial charge in [-0.2, -0.15) is 0 Å². The van der Waals surface area contributed by atoms with Crippen LogP contribution in [0.5, 0.6) is 0 Å². The van der Waals surface area contributed by atoms with Crippen molar-refractivity contribution >= 4 is 17.9 Å².